The van der Waals surface area contributed by atoms with Crippen LogP contribution in [0.3, 0.4) is 0 Å². The van der Waals surface area contributed by atoms with Gasteiger partial charge >= 0.3 is 0 Å². The largest absolute Gasteiger partial charge is 0.321 e. The average molecular weight is 448 g/mol. The van der Waals surface area contributed by atoms with Crippen molar-refractivity contribution in [2.75, 3.05) is 5.32 Å². The van der Waals surface area contributed by atoms with Gasteiger partial charge in [0.25, 0.3) is 5.91 Å². The zero-order valence-corrected chi connectivity index (χ0v) is 18.2. The Kier molecular flexibility index (Phi) is 5.50. The maximum atomic E-state index is 13.0. The van der Waals surface area contributed by atoms with Crippen LogP contribution in [0.25, 0.3) is 33.2 Å². The van der Waals surface area contributed by atoms with Gasteiger partial charge in [0, 0.05) is 23.3 Å². The van der Waals surface area contributed by atoms with E-state index in [1.54, 1.807) is 34.4 Å². The summed E-state index contributed by atoms with van der Waals surface area (Å²) < 4.78 is 1.75. The van der Waals surface area contributed by atoms with Gasteiger partial charge in [0.2, 0.25) is 0 Å². The lowest BCUT2D eigenvalue weighted by Gasteiger charge is -2.07. The van der Waals surface area contributed by atoms with Crippen LogP contribution in [0, 0.1) is 11.3 Å². The van der Waals surface area contributed by atoms with Crippen molar-refractivity contribution < 1.29 is 4.79 Å². The van der Waals surface area contributed by atoms with E-state index in [9.17, 15) is 10.1 Å². The Morgan fingerprint density at radius 2 is 1.91 bits per heavy atom. The number of rotatable bonds is 5. The Bertz CT molecular complexity index is 1510. The molecule has 3 aromatic heterocycles. The first kappa shape index (κ1) is 20.4. The number of carbonyl (C=O) groups excluding carboxylic acids is 1. The fourth-order valence-electron chi connectivity index (χ4n) is 3.52. The molecule has 0 fully saturated rings. The summed E-state index contributed by atoms with van der Waals surface area (Å²) in [7, 11) is 0. The monoisotopic (exact) mass is 447 g/mol. The van der Waals surface area contributed by atoms with Gasteiger partial charge in [0.05, 0.1) is 21.8 Å². The van der Waals surface area contributed by atoms with Gasteiger partial charge in [-0.25, -0.2) is 4.68 Å². The van der Waals surface area contributed by atoms with Gasteiger partial charge in [-0.2, -0.15) is 10.4 Å². The quantitative estimate of drug-likeness (QED) is 0.277. The lowest BCUT2D eigenvalue weighted by molar-refractivity contribution is -0.112. The van der Waals surface area contributed by atoms with Gasteiger partial charge in [-0.1, -0.05) is 30.3 Å². The number of fused-ring (bicyclic) bond motifs is 1. The minimum Gasteiger partial charge on any atom is -0.321 e. The second kappa shape index (κ2) is 8.91. The Hall–Kier alpha value is -4.54. The highest BCUT2D eigenvalue weighted by Gasteiger charge is 2.16. The predicted molar refractivity (Wildman–Crippen MR) is 131 cm³/mol. The number of para-hydroxylation sites is 1. The lowest BCUT2D eigenvalue weighted by Crippen LogP contribution is -2.13. The van der Waals surface area contributed by atoms with Crippen LogP contribution < -0.4 is 5.32 Å². The molecule has 5 rings (SSSR count). The maximum absolute atomic E-state index is 13.0. The molecule has 0 saturated carbocycles. The fourth-order valence-corrected chi connectivity index (χ4v) is 4.25. The van der Waals surface area contributed by atoms with Crippen LogP contribution in [0.2, 0.25) is 0 Å². The van der Waals surface area contributed by atoms with Crippen LogP contribution >= 0.6 is 11.3 Å². The first-order valence-corrected chi connectivity index (χ1v) is 11.1. The van der Waals surface area contributed by atoms with Crippen molar-refractivity contribution in [2.45, 2.75) is 0 Å². The smallest absolute Gasteiger partial charge is 0.266 e. The van der Waals surface area contributed by atoms with Gasteiger partial charge < -0.3 is 5.32 Å². The number of carbonyl (C=O) groups is 1. The number of pyridine rings is 1. The van der Waals surface area contributed by atoms with E-state index in [0.717, 1.165) is 21.5 Å². The molecule has 7 heteroatoms. The van der Waals surface area contributed by atoms with Crippen LogP contribution in [0.1, 0.15) is 5.56 Å². The molecule has 0 atom stereocenters. The van der Waals surface area contributed by atoms with Gasteiger partial charge in [-0.3, -0.25) is 9.78 Å². The summed E-state index contributed by atoms with van der Waals surface area (Å²) in [6.07, 6.45) is 5.11. The van der Waals surface area contributed by atoms with Crippen LogP contribution in [0.5, 0.6) is 0 Å². The molecule has 5 aromatic rings. The summed E-state index contributed by atoms with van der Waals surface area (Å²) in [6, 6.07) is 24.8. The molecule has 1 amide bonds. The van der Waals surface area contributed by atoms with Crippen LogP contribution in [0.15, 0.2) is 96.1 Å². The number of hydrogen-bond acceptors (Lipinski definition) is 5. The van der Waals surface area contributed by atoms with Crippen molar-refractivity contribution in [1.82, 2.24) is 14.8 Å². The fraction of sp³-hybridized carbons (Fsp3) is 0. The number of nitrogens with one attached hydrogen (secondary N) is 1. The molecule has 0 saturated heterocycles. The van der Waals surface area contributed by atoms with Crippen molar-refractivity contribution >= 4 is 39.9 Å². The number of nitrogens with zero attached hydrogens (tertiary/aromatic N) is 4. The maximum Gasteiger partial charge on any atom is 0.266 e. The van der Waals surface area contributed by atoms with E-state index in [1.807, 2.05) is 84.4 Å². The van der Waals surface area contributed by atoms with Gasteiger partial charge in [0.15, 0.2) is 0 Å². The molecule has 0 radical (unpaired) electrons. The average Bonchev–Trinajstić information content (AvgIpc) is 3.53. The van der Waals surface area contributed by atoms with Crippen molar-refractivity contribution in [3.05, 3.63) is 102 Å². The number of thiophene rings is 1. The third-order valence-corrected chi connectivity index (χ3v) is 5.95. The number of aromatic nitrogens is 3. The Morgan fingerprint density at radius 3 is 2.70 bits per heavy atom. The Balaban J connectivity index is 1.53. The van der Waals surface area contributed by atoms with E-state index in [0.29, 0.717) is 16.9 Å². The van der Waals surface area contributed by atoms with E-state index in [4.69, 9.17) is 5.10 Å². The summed E-state index contributed by atoms with van der Waals surface area (Å²) in [5, 5.41) is 20.1. The van der Waals surface area contributed by atoms with E-state index < -0.39 is 5.91 Å². The molecule has 3 heterocycles. The number of amides is 1. The molecule has 33 heavy (non-hydrogen) atoms. The molecule has 2 aromatic carbocycles. The van der Waals surface area contributed by atoms with E-state index in [1.165, 1.54) is 0 Å². The summed E-state index contributed by atoms with van der Waals surface area (Å²) >= 11 is 1.55. The topological polar surface area (TPSA) is 83.6 Å². The van der Waals surface area contributed by atoms with Crippen LogP contribution in [-0.4, -0.2) is 20.7 Å². The number of anilines is 1. The van der Waals surface area contributed by atoms with Crippen LogP contribution in [-0.2, 0) is 4.79 Å². The van der Waals surface area contributed by atoms with Gasteiger partial charge in [0.1, 0.15) is 17.3 Å². The van der Waals surface area contributed by atoms with Crippen LogP contribution in [0.4, 0.5) is 5.69 Å². The zero-order chi connectivity index (χ0) is 22.6. The third-order valence-electron chi connectivity index (χ3n) is 5.08. The summed E-state index contributed by atoms with van der Waals surface area (Å²) in [4.78, 5) is 18.3. The van der Waals surface area contributed by atoms with Crippen molar-refractivity contribution in [3.63, 3.8) is 0 Å². The highest BCUT2D eigenvalue weighted by Crippen LogP contribution is 2.29. The van der Waals surface area contributed by atoms with Gasteiger partial charge in [-0.05, 0) is 53.9 Å². The summed E-state index contributed by atoms with van der Waals surface area (Å²) in [6.45, 7) is 0. The van der Waals surface area contributed by atoms with Crippen molar-refractivity contribution in [3.8, 4) is 22.3 Å². The molecule has 0 spiro atoms. The highest BCUT2D eigenvalue weighted by molar-refractivity contribution is 7.13. The first-order chi connectivity index (χ1) is 16.2. The summed E-state index contributed by atoms with van der Waals surface area (Å²) in [5.41, 5.74) is 3.64. The van der Waals surface area contributed by atoms with Crippen molar-refractivity contribution in [2.24, 2.45) is 0 Å². The van der Waals surface area contributed by atoms with Gasteiger partial charge in [-0.15, -0.1) is 11.3 Å². The molecule has 0 aliphatic rings. The molecule has 6 nitrogen and oxygen atoms in total. The highest BCUT2D eigenvalue weighted by atomic mass is 32.1. The lowest BCUT2D eigenvalue weighted by atomic mass is 10.1. The molecule has 0 bridgehead atoms. The first-order valence-electron chi connectivity index (χ1n) is 10.2. The zero-order valence-electron chi connectivity index (χ0n) is 17.3. The number of nitriles is 1. The molecular formula is C26H17N5OS. The molecule has 0 unspecified atom stereocenters. The Morgan fingerprint density at radius 1 is 1.03 bits per heavy atom. The second-order valence-electron chi connectivity index (χ2n) is 7.19. The molecule has 1 N–H and O–H groups in total. The number of benzene rings is 2. The van der Waals surface area contributed by atoms with E-state index in [2.05, 4.69) is 10.3 Å². The minimum atomic E-state index is -0.488. The standard InChI is InChI=1S/C26H17N5OS/c27-16-18(26(32)29-23-11-4-10-22-21(23)9-5-13-28-22)15-19-17-31(20-7-2-1-3-8-20)30-25(19)24-12-6-14-33-24/h1-15,17H,(H,29,32). The Labute approximate surface area is 194 Å². The van der Waals surface area contributed by atoms with Crippen molar-refractivity contribution in [1.29, 1.82) is 5.26 Å². The number of hydrogen-bond donors (Lipinski definition) is 1. The molecule has 0 aliphatic carbocycles. The molecular weight excluding hydrogens is 430 g/mol. The van der Waals surface area contributed by atoms with E-state index >= 15 is 0 Å². The SMILES string of the molecule is N#CC(=Cc1cn(-c2ccccc2)nc1-c1cccs1)C(=O)Nc1cccc2ncccc12. The molecule has 0 aliphatic heterocycles. The van der Waals surface area contributed by atoms with E-state index in [-0.39, 0.29) is 5.57 Å². The minimum absolute atomic E-state index is 0.0127. The normalized spacial score (nSPS) is 11.3. The molecule has 158 valence electrons. The predicted octanol–water partition coefficient (Wildman–Crippen LogP) is 5.69. The summed E-state index contributed by atoms with van der Waals surface area (Å²) in [5.74, 6) is -0.488. The third kappa shape index (κ3) is 4.15. The second-order valence-corrected chi connectivity index (χ2v) is 8.14.